The van der Waals surface area contributed by atoms with Gasteiger partial charge in [0.05, 0.1) is 20.3 Å². The smallest absolute Gasteiger partial charge is 0.162 e. The SMILES string of the molecule is COc1cc(Cl)c(C(N)c2ccc(F)cc2Cl)cc1OC. The average Bonchev–Trinajstić information content (AvgIpc) is 2.46. The van der Waals surface area contributed by atoms with Gasteiger partial charge in [-0.15, -0.1) is 0 Å². The van der Waals surface area contributed by atoms with Crippen molar-refractivity contribution in [3.8, 4) is 11.5 Å². The van der Waals surface area contributed by atoms with Gasteiger partial charge in [0.1, 0.15) is 5.82 Å². The van der Waals surface area contributed by atoms with Gasteiger partial charge in [0.2, 0.25) is 0 Å². The van der Waals surface area contributed by atoms with Crippen molar-refractivity contribution >= 4 is 23.2 Å². The van der Waals surface area contributed by atoms with Gasteiger partial charge in [-0.2, -0.15) is 0 Å². The number of ether oxygens (including phenoxy) is 2. The Morgan fingerprint density at radius 3 is 2.10 bits per heavy atom. The van der Waals surface area contributed by atoms with Crippen molar-refractivity contribution in [1.82, 2.24) is 0 Å². The molecule has 21 heavy (non-hydrogen) atoms. The lowest BCUT2D eigenvalue weighted by molar-refractivity contribution is 0.354. The first-order valence-electron chi connectivity index (χ1n) is 6.10. The molecule has 0 aliphatic rings. The zero-order valence-corrected chi connectivity index (χ0v) is 13.0. The van der Waals surface area contributed by atoms with Crippen molar-refractivity contribution in [3.05, 3.63) is 57.3 Å². The standard InChI is InChI=1S/C15H14Cl2FNO2/c1-20-13-6-10(12(17)7-14(13)21-2)15(19)9-4-3-8(18)5-11(9)16/h3-7,15H,19H2,1-2H3. The number of methoxy groups -OCH3 is 2. The molecule has 3 nitrogen and oxygen atoms in total. The highest BCUT2D eigenvalue weighted by Crippen LogP contribution is 2.38. The van der Waals surface area contributed by atoms with Gasteiger partial charge in [0.25, 0.3) is 0 Å². The fourth-order valence-electron chi connectivity index (χ4n) is 2.03. The van der Waals surface area contributed by atoms with E-state index in [9.17, 15) is 4.39 Å². The van der Waals surface area contributed by atoms with Gasteiger partial charge < -0.3 is 15.2 Å². The summed E-state index contributed by atoms with van der Waals surface area (Å²) in [5.74, 6) is 0.587. The first kappa shape index (κ1) is 15.9. The van der Waals surface area contributed by atoms with Gasteiger partial charge >= 0.3 is 0 Å². The summed E-state index contributed by atoms with van der Waals surface area (Å²) in [4.78, 5) is 0. The van der Waals surface area contributed by atoms with Crippen molar-refractivity contribution in [2.75, 3.05) is 14.2 Å². The zero-order chi connectivity index (χ0) is 15.6. The second kappa shape index (κ2) is 6.52. The molecule has 0 saturated heterocycles. The van der Waals surface area contributed by atoms with Crippen molar-refractivity contribution in [3.63, 3.8) is 0 Å². The van der Waals surface area contributed by atoms with Crippen LogP contribution in [0.1, 0.15) is 17.2 Å². The predicted molar refractivity (Wildman–Crippen MR) is 82.0 cm³/mol. The summed E-state index contributed by atoms with van der Waals surface area (Å²) in [7, 11) is 3.04. The zero-order valence-electron chi connectivity index (χ0n) is 11.5. The quantitative estimate of drug-likeness (QED) is 0.914. The molecule has 0 spiro atoms. The highest BCUT2D eigenvalue weighted by atomic mass is 35.5. The number of rotatable bonds is 4. The molecule has 112 valence electrons. The molecule has 2 N–H and O–H groups in total. The van der Waals surface area contributed by atoms with E-state index in [0.29, 0.717) is 27.6 Å². The second-order valence-corrected chi connectivity index (χ2v) is 5.19. The molecular formula is C15H14Cl2FNO2. The van der Waals surface area contributed by atoms with Crippen LogP contribution >= 0.6 is 23.2 Å². The fourth-order valence-corrected chi connectivity index (χ4v) is 2.59. The Kier molecular flexibility index (Phi) is 4.93. The van der Waals surface area contributed by atoms with Crippen LogP contribution in [0.3, 0.4) is 0 Å². The first-order chi connectivity index (χ1) is 9.97. The van der Waals surface area contributed by atoms with Crippen molar-refractivity contribution in [1.29, 1.82) is 0 Å². The molecular weight excluding hydrogens is 316 g/mol. The topological polar surface area (TPSA) is 44.5 Å². The number of benzene rings is 2. The Labute approximate surface area is 132 Å². The van der Waals surface area contributed by atoms with E-state index in [1.807, 2.05) is 0 Å². The lowest BCUT2D eigenvalue weighted by Crippen LogP contribution is -2.13. The van der Waals surface area contributed by atoms with Crippen LogP contribution in [0.25, 0.3) is 0 Å². The van der Waals surface area contributed by atoms with Crippen LogP contribution < -0.4 is 15.2 Å². The molecule has 1 unspecified atom stereocenters. The molecule has 0 radical (unpaired) electrons. The highest BCUT2D eigenvalue weighted by Gasteiger charge is 2.19. The van der Waals surface area contributed by atoms with Crippen LogP contribution in [-0.2, 0) is 0 Å². The lowest BCUT2D eigenvalue weighted by Gasteiger charge is -2.18. The van der Waals surface area contributed by atoms with Crippen molar-refractivity contribution in [2.45, 2.75) is 6.04 Å². The molecule has 1 atom stereocenters. The van der Waals surface area contributed by atoms with Crippen LogP contribution in [-0.4, -0.2) is 14.2 Å². The Hall–Kier alpha value is -1.49. The van der Waals surface area contributed by atoms with Gasteiger partial charge in [-0.3, -0.25) is 0 Å². The number of nitrogens with two attached hydrogens (primary N) is 1. The Morgan fingerprint density at radius 2 is 1.52 bits per heavy atom. The summed E-state index contributed by atoms with van der Waals surface area (Å²) in [6.45, 7) is 0. The number of hydrogen-bond donors (Lipinski definition) is 1. The molecule has 2 aromatic carbocycles. The van der Waals surface area contributed by atoms with Crippen LogP contribution in [0.5, 0.6) is 11.5 Å². The molecule has 0 saturated carbocycles. The third-order valence-corrected chi connectivity index (χ3v) is 3.79. The highest BCUT2D eigenvalue weighted by molar-refractivity contribution is 6.32. The monoisotopic (exact) mass is 329 g/mol. The molecule has 2 rings (SSSR count). The van der Waals surface area contributed by atoms with E-state index in [-0.39, 0.29) is 5.02 Å². The first-order valence-corrected chi connectivity index (χ1v) is 6.85. The summed E-state index contributed by atoms with van der Waals surface area (Å²) < 4.78 is 23.5. The van der Waals surface area contributed by atoms with Gasteiger partial charge in [-0.05, 0) is 29.3 Å². The molecule has 0 heterocycles. The third kappa shape index (κ3) is 3.23. The predicted octanol–water partition coefficient (Wildman–Crippen LogP) is 4.20. The fraction of sp³-hybridized carbons (Fsp3) is 0.200. The van der Waals surface area contributed by atoms with Crippen molar-refractivity contribution < 1.29 is 13.9 Å². The normalized spacial score (nSPS) is 12.1. The van der Waals surface area contributed by atoms with E-state index in [4.69, 9.17) is 38.4 Å². The maximum atomic E-state index is 13.1. The summed E-state index contributed by atoms with van der Waals surface area (Å²) in [5.41, 5.74) is 7.39. The average molecular weight is 330 g/mol. The Bertz CT molecular complexity index is 664. The largest absolute Gasteiger partial charge is 0.493 e. The molecule has 0 aromatic heterocycles. The molecule has 0 aliphatic carbocycles. The van der Waals surface area contributed by atoms with Gasteiger partial charge in [-0.25, -0.2) is 4.39 Å². The Balaban J connectivity index is 2.50. The summed E-state index contributed by atoms with van der Waals surface area (Å²) >= 11 is 12.3. The minimum atomic E-state index is -0.606. The number of halogens is 3. The van der Waals surface area contributed by atoms with Crippen molar-refractivity contribution in [2.24, 2.45) is 5.73 Å². The molecule has 0 aliphatic heterocycles. The van der Waals surface area contributed by atoms with E-state index < -0.39 is 11.9 Å². The molecule has 6 heteroatoms. The number of hydrogen-bond acceptors (Lipinski definition) is 3. The van der Waals surface area contributed by atoms with E-state index in [1.165, 1.54) is 32.4 Å². The van der Waals surface area contributed by atoms with Crippen LogP contribution in [0.15, 0.2) is 30.3 Å². The maximum Gasteiger partial charge on any atom is 0.162 e. The van der Waals surface area contributed by atoms with Crippen LogP contribution in [0.4, 0.5) is 4.39 Å². The van der Waals surface area contributed by atoms with Crippen LogP contribution in [0, 0.1) is 5.82 Å². The molecule has 0 amide bonds. The van der Waals surface area contributed by atoms with E-state index in [0.717, 1.165) is 0 Å². The molecule has 0 fully saturated rings. The van der Waals surface area contributed by atoms with E-state index in [2.05, 4.69) is 0 Å². The van der Waals surface area contributed by atoms with Gasteiger partial charge in [0.15, 0.2) is 11.5 Å². The van der Waals surface area contributed by atoms with Gasteiger partial charge in [-0.1, -0.05) is 29.3 Å². The van der Waals surface area contributed by atoms with E-state index in [1.54, 1.807) is 12.1 Å². The minimum Gasteiger partial charge on any atom is -0.493 e. The van der Waals surface area contributed by atoms with E-state index >= 15 is 0 Å². The van der Waals surface area contributed by atoms with Crippen LogP contribution in [0.2, 0.25) is 10.0 Å². The lowest BCUT2D eigenvalue weighted by atomic mass is 9.99. The summed E-state index contributed by atoms with van der Waals surface area (Å²) in [5, 5.41) is 0.661. The minimum absolute atomic E-state index is 0.244. The molecule has 2 aromatic rings. The second-order valence-electron chi connectivity index (χ2n) is 4.37. The Morgan fingerprint density at radius 1 is 0.952 bits per heavy atom. The maximum absolute atomic E-state index is 13.1. The van der Waals surface area contributed by atoms with Gasteiger partial charge in [0, 0.05) is 16.1 Å². The molecule has 0 bridgehead atoms. The summed E-state index contributed by atoms with van der Waals surface area (Å²) in [6.07, 6.45) is 0. The third-order valence-electron chi connectivity index (χ3n) is 3.14. The summed E-state index contributed by atoms with van der Waals surface area (Å²) in [6, 6.07) is 6.75.